The van der Waals surface area contributed by atoms with E-state index in [1.807, 2.05) is 0 Å². The van der Waals surface area contributed by atoms with Crippen LogP contribution in [-0.2, 0) is 0 Å². The fraction of sp³-hybridized carbons (Fsp3) is 1.00. The van der Waals surface area contributed by atoms with Gasteiger partial charge in [0.25, 0.3) is 0 Å². The Balaban J connectivity index is -0.0000000817. The van der Waals surface area contributed by atoms with Gasteiger partial charge in [-0.15, -0.1) is 37.2 Å². The van der Waals surface area contributed by atoms with E-state index in [-0.39, 0.29) is 37.2 Å². The molecule has 4 heteroatoms. The highest BCUT2D eigenvalue weighted by atomic mass is 35.5. The highest BCUT2D eigenvalue weighted by Gasteiger charge is 1.83. The van der Waals surface area contributed by atoms with Gasteiger partial charge in [-0.2, -0.15) is 0 Å². The van der Waals surface area contributed by atoms with Crippen LogP contribution in [0.1, 0.15) is 39.0 Å². The van der Waals surface area contributed by atoms with Crippen molar-refractivity contribution in [2.24, 2.45) is 5.73 Å². The van der Waals surface area contributed by atoms with Crippen LogP contribution >= 0.6 is 37.2 Å². The zero-order chi connectivity index (χ0) is 6.24. The summed E-state index contributed by atoms with van der Waals surface area (Å²) in [6.07, 6.45) is 6.60. The first-order chi connectivity index (χ1) is 3.91. The SMILES string of the molecule is CCCCCCCN.Cl.Cl.Cl. The normalized spacial score (nSPS) is 7.09. The summed E-state index contributed by atoms with van der Waals surface area (Å²) in [6.45, 7) is 3.09. The van der Waals surface area contributed by atoms with Crippen LogP contribution < -0.4 is 5.73 Å². The summed E-state index contributed by atoms with van der Waals surface area (Å²) in [5.74, 6) is 0. The zero-order valence-electron chi connectivity index (χ0n) is 7.04. The molecule has 0 unspecified atom stereocenters. The van der Waals surface area contributed by atoms with Crippen molar-refractivity contribution < 1.29 is 0 Å². The Bertz CT molecular complexity index is 38.7. The topological polar surface area (TPSA) is 26.0 Å². The molecule has 0 aliphatic heterocycles. The summed E-state index contributed by atoms with van der Waals surface area (Å²) < 4.78 is 0. The van der Waals surface area contributed by atoms with Crippen LogP contribution in [0.15, 0.2) is 0 Å². The first kappa shape index (κ1) is 22.6. The number of hydrogen-bond donors (Lipinski definition) is 1. The summed E-state index contributed by atoms with van der Waals surface area (Å²) in [6, 6.07) is 0. The predicted octanol–water partition coefficient (Wildman–Crippen LogP) is 3.18. The number of halogens is 3. The van der Waals surface area contributed by atoms with Gasteiger partial charge in [0.1, 0.15) is 0 Å². The fourth-order valence-corrected chi connectivity index (χ4v) is 0.748. The smallest absolute Gasteiger partial charge is 0.00773 e. The van der Waals surface area contributed by atoms with E-state index < -0.39 is 0 Å². The maximum absolute atomic E-state index is 5.31. The van der Waals surface area contributed by atoms with Crippen LogP contribution in [0.4, 0.5) is 0 Å². The lowest BCUT2D eigenvalue weighted by Crippen LogP contribution is -1.97. The van der Waals surface area contributed by atoms with Crippen molar-refractivity contribution >= 4 is 37.2 Å². The minimum absolute atomic E-state index is 0. The molecule has 2 N–H and O–H groups in total. The van der Waals surface area contributed by atoms with Crippen LogP contribution in [0, 0.1) is 0 Å². The molecule has 0 aromatic heterocycles. The fourth-order valence-electron chi connectivity index (χ4n) is 0.748. The molecule has 0 atom stereocenters. The molecule has 0 aromatic carbocycles. The third kappa shape index (κ3) is 24.8. The number of rotatable bonds is 5. The monoisotopic (exact) mass is 223 g/mol. The van der Waals surface area contributed by atoms with Gasteiger partial charge in [0.05, 0.1) is 0 Å². The van der Waals surface area contributed by atoms with E-state index in [1.54, 1.807) is 0 Å². The number of nitrogens with two attached hydrogens (primary N) is 1. The van der Waals surface area contributed by atoms with Crippen molar-refractivity contribution in [3.63, 3.8) is 0 Å². The van der Waals surface area contributed by atoms with Gasteiger partial charge in [0.2, 0.25) is 0 Å². The Hall–Kier alpha value is 0.830. The standard InChI is InChI=1S/C7H17N.3ClH/c1-2-3-4-5-6-7-8;;;/h2-8H2,1H3;3*1H. The van der Waals surface area contributed by atoms with Crippen LogP contribution in [0.2, 0.25) is 0 Å². The second-order valence-corrected chi connectivity index (χ2v) is 2.20. The van der Waals surface area contributed by atoms with E-state index in [0.29, 0.717) is 0 Å². The molecular weight excluding hydrogens is 204 g/mol. The van der Waals surface area contributed by atoms with Crippen LogP contribution in [0.3, 0.4) is 0 Å². The molecule has 11 heavy (non-hydrogen) atoms. The van der Waals surface area contributed by atoms with Crippen molar-refractivity contribution in [3.05, 3.63) is 0 Å². The Kier molecular flexibility index (Phi) is 46.2. The van der Waals surface area contributed by atoms with E-state index >= 15 is 0 Å². The van der Waals surface area contributed by atoms with Crippen LogP contribution in [-0.4, -0.2) is 6.54 Å². The Morgan fingerprint density at radius 3 is 1.64 bits per heavy atom. The van der Waals surface area contributed by atoms with Crippen molar-refractivity contribution in [3.8, 4) is 0 Å². The molecule has 0 spiro atoms. The quantitative estimate of drug-likeness (QED) is 0.713. The van der Waals surface area contributed by atoms with E-state index in [0.717, 1.165) is 6.54 Å². The summed E-state index contributed by atoms with van der Waals surface area (Å²) in [4.78, 5) is 0. The molecule has 0 bridgehead atoms. The average molecular weight is 225 g/mol. The molecule has 0 aromatic rings. The van der Waals surface area contributed by atoms with Gasteiger partial charge in [-0.05, 0) is 13.0 Å². The molecule has 0 saturated heterocycles. The summed E-state index contributed by atoms with van der Waals surface area (Å²) >= 11 is 0. The summed E-state index contributed by atoms with van der Waals surface area (Å²) in [5.41, 5.74) is 5.31. The molecule has 0 heterocycles. The highest BCUT2D eigenvalue weighted by molar-refractivity contribution is 5.86. The molecule has 0 radical (unpaired) electrons. The Morgan fingerprint density at radius 2 is 1.27 bits per heavy atom. The van der Waals surface area contributed by atoms with Gasteiger partial charge in [0.15, 0.2) is 0 Å². The molecule has 0 amide bonds. The third-order valence-electron chi connectivity index (χ3n) is 1.31. The van der Waals surface area contributed by atoms with Gasteiger partial charge in [-0.25, -0.2) is 0 Å². The van der Waals surface area contributed by atoms with Crippen LogP contribution in [0.5, 0.6) is 0 Å². The van der Waals surface area contributed by atoms with Gasteiger partial charge in [0, 0.05) is 0 Å². The second kappa shape index (κ2) is 22.4. The van der Waals surface area contributed by atoms with E-state index in [9.17, 15) is 0 Å². The summed E-state index contributed by atoms with van der Waals surface area (Å²) in [5, 5.41) is 0. The molecule has 0 aliphatic carbocycles. The van der Waals surface area contributed by atoms with E-state index in [2.05, 4.69) is 6.92 Å². The van der Waals surface area contributed by atoms with Gasteiger partial charge >= 0.3 is 0 Å². The maximum Gasteiger partial charge on any atom is -0.00773 e. The molecule has 0 aliphatic rings. The zero-order valence-corrected chi connectivity index (χ0v) is 9.49. The maximum atomic E-state index is 5.31. The highest BCUT2D eigenvalue weighted by Crippen LogP contribution is 2.00. The lowest BCUT2D eigenvalue weighted by molar-refractivity contribution is 0.638. The van der Waals surface area contributed by atoms with Gasteiger partial charge < -0.3 is 5.73 Å². The Labute approximate surface area is 88.7 Å². The van der Waals surface area contributed by atoms with Crippen molar-refractivity contribution in [1.29, 1.82) is 0 Å². The minimum atomic E-state index is 0. The van der Waals surface area contributed by atoms with E-state index in [1.165, 1.54) is 32.1 Å². The molecule has 0 rings (SSSR count). The Morgan fingerprint density at radius 1 is 0.818 bits per heavy atom. The average Bonchev–Trinajstić information content (AvgIpc) is 1.81. The summed E-state index contributed by atoms with van der Waals surface area (Å²) in [7, 11) is 0. The molecular formula is C7H20Cl3N. The first-order valence-corrected chi connectivity index (χ1v) is 3.62. The molecule has 1 nitrogen and oxygen atoms in total. The van der Waals surface area contributed by atoms with Gasteiger partial charge in [-0.1, -0.05) is 32.6 Å². The third-order valence-corrected chi connectivity index (χ3v) is 1.31. The van der Waals surface area contributed by atoms with Crippen molar-refractivity contribution in [2.45, 2.75) is 39.0 Å². The van der Waals surface area contributed by atoms with Crippen molar-refractivity contribution in [2.75, 3.05) is 6.54 Å². The number of hydrogen-bond acceptors (Lipinski definition) is 1. The lowest BCUT2D eigenvalue weighted by atomic mass is 10.2. The largest absolute Gasteiger partial charge is 0.330 e. The predicted molar refractivity (Wildman–Crippen MR) is 59.6 cm³/mol. The van der Waals surface area contributed by atoms with Gasteiger partial charge in [-0.3, -0.25) is 0 Å². The first-order valence-electron chi connectivity index (χ1n) is 3.62. The molecule has 0 saturated carbocycles. The minimum Gasteiger partial charge on any atom is -0.330 e. The van der Waals surface area contributed by atoms with Crippen LogP contribution in [0.25, 0.3) is 0 Å². The molecule has 74 valence electrons. The lowest BCUT2D eigenvalue weighted by Gasteiger charge is -1.93. The van der Waals surface area contributed by atoms with E-state index in [4.69, 9.17) is 5.73 Å². The second-order valence-electron chi connectivity index (χ2n) is 2.20. The number of unbranched alkanes of at least 4 members (excludes halogenated alkanes) is 4. The molecule has 0 fully saturated rings. The van der Waals surface area contributed by atoms with Crippen molar-refractivity contribution in [1.82, 2.24) is 0 Å².